The highest BCUT2D eigenvalue weighted by Crippen LogP contribution is 2.15. The minimum atomic E-state index is -0.194. The number of halogens is 1. The Kier molecular flexibility index (Phi) is 5.98. The van der Waals surface area contributed by atoms with Crippen molar-refractivity contribution >= 4 is 5.69 Å². The molecule has 0 bridgehead atoms. The van der Waals surface area contributed by atoms with Crippen LogP contribution < -0.4 is 10.6 Å². The number of nitrogens with zero attached hydrogens (tertiary/aromatic N) is 1. The van der Waals surface area contributed by atoms with Gasteiger partial charge in [-0.2, -0.15) is 0 Å². The Morgan fingerprint density at radius 2 is 1.88 bits per heavy atom. The Labute approximate surface area is 104 Å². The molecule has 3 heteroatoms. The Hall–Kier alpha value is -1.09. The SMILES string of the molecule is CCCCC(N)CN(CC)c1ccc(F)cc1. The first-order valence-electron chi connectivity index (χ1n) is 6.43. The van der Waals surface area contributed by atoms with Gasteiger partial charge in [0.1, 0.15) is 5.82 Å². The smallest absolute Gasteiger partial charge is 0.123 e. The number of likely N-dealkylation sites (N-methyl/N-ethyl adjacent to an activating group) is 1. The molecule has 0 heterocycles. The van der Waals surface area contributed by atoms with Gasteiger partial charge in [0, 0.05) is 24.8 Å². The molecule has 2 N–H and O–H groups in total. The maximum absolute atomic E-state index is 12.8. The molecule has 0 radical (unpaired) electrons. The number of anilines is 1. The van der Waals surface area contributed by atoms with Crippen LogP contribution in [0.5, 0.6) is 0 Å². The van der Waals surface area contributed by atoms with Crippen molar-refractivity contribution in [3.05, 3.63) is 30.1 Å². The van der Waals surface area contributed by atoms with Crippen molar-refractivity contribution in [1.29, 1.82) is 0 Å². The Morgan fingerprint density at radius 1 is 1.24 bits per heavy atom. The summed E-state index contributed by atoms with van der Waals surface area (Å²) in [7, 11) is 0. The van der Waals surface area contributed by atoms with Crippen LogP contribution in [0.2, 0.25) is 0 Å². The van der Waals surface area contributed by atoms with E-state index in [-0.39, 0.29) is 11.9 Å². The lowest BCUT2D eigenvalue weighted by Gasteiger charge is -2.26. The Bertz CT molecular complexity index is 311. The van der Waals surface area contributed by atoms with E-state index >= 15 is 0 Å². The van der Waals surface area contributed by atoms with Gasteiger partial charge in [0.15, 0.2) is 0 Å². The van der Waals surface area contributed by atoms with Crippen molar-refractivity contribution in [2.75, 3.05) is 18.0 Å². The second kappa shape index (κ2) is 7.28. The topological polar surface area (TPSA) is 29.3 Å². The molecule has 17 heavy (non-hydrogen) atoms. The van der Waals surface area contributed by atoms with Gasteiger partial charge in [0.2, 0.25) is 0 Å². The monoisotopic (exact) mass is 238 g/mol. The first kappa shape index (κ1) is 14.0. The van der Waals surface area contributed by atoms with Crippen molar-refractivity contribution in [2.45, 2.75) is 39.2 Å². The quantitative estimate of drug-likeness (QED) is 0.790. The summed E-state index contributed by atoms with van der Waals surface area (Å²) in [5.74, 6) is -0.194. The maximum atomic E-state index is 12.8. The lowest BCUT2D eigenvalue weighted by molar-refractivity contribution is 0.563. The van der Waals surface area contributed by atoms with E-state index in [9.17, 15) is 4.39 Å². The van der Waals surface area contributed by atoms with Crippen molar-refractivity contribution in [3.63, 3.8) is 0 Å². The number of nitrogens with two attached hydrogens (primary N) is 1. The van der Waals surface area contributed by atoms with Crippen LogP contribution in [0.4, 0.5) is 10.1 Å². The standard InChI is InChI=1S/C14H23FN2/c1-3-5-6-13(16)11-17(4-2)14-9-7-12(15)8-10-14/h7-10,13H,3-6,11,16H2,1-2H3. The molecule has 1 atom stereocenters. The molecule has 0 spiro atoms. The lowest BCUT2D eigenvalue weighted by atomic mass is 10.1. The fourth-order valence-corrected chi connectivity index (χ4v) is 1.91. The predicted molar refractivity (Wildman–Crippen MR) is 71.8 cm³/mol. The van der Waals surface area contributed by atoms with Crippen molar-refractivity contribution in [3.8, 4) is 0 Å². The number of hydrogen-bond acceptors (Lipinski definition) is 2. The first-order valence-corrected chi connectivity index (χ1v) is 6.43. The van der Waals surface area contributed by atoms with Crippen molar-refractivity contribution in [2.24, 2.45) is 5.73 Å². The number of rotatable bonds is 7. The van der Waals surface area contributed by atoms with Gasteiger partial charge < -0.3 is 10.6 Å². The summed E-state index contributed by atoms with van der Waals surface area (Å²) in [5.41, 5.74) is 7.13. The van der Waals surface area contributed by atoms with E-state index in [0.717, 1.165) is 25.2 Å². The molecule has 0 aliphatic heterocycles. The average Bonchev–Trinajstić information content (AvgIpc) is 2.34. The summed E-state index contributed by atoms with van der Waals surface area (Å²) in [6.45, 7) is 5.99. The van der Waals surface area contributed by atoms with Gasteiger partial charge in [-0.25, -0.2) is 4.39 Å². The largest absolute Gasteiger partial charge is 0.370 e. The Morgan fingerprint density at radius 3 is 2.41 bits per heavy atom. The minimum Gasteiger partial charge on any atom is -0.370 e. The third-order valence-electron chi connectivity index (χ3n) is 2.96. The van der Waals surface area contributed by atoms with E-state index in [1.54, 1.807) is 0 Å². The first-order chi connectivity index (χ1) is 8.17. The fraction of sp³-hybridized carbons (Fsp3) is 0.571. The van der Waals surface area contributed by atoms with Gasteiger partial charge in [-0.05, 0) is 37.6 Å². The van der Waals surface area contributed by atoms with E-state index in [1.165, 1.54) is 25.0 Å². The number of unbranched alkanes of at least 4 members (excludes halogenated alkanes) is 1. The number of hydrogen-bond donors (Lipinski definition) is 1. The van der Waals surface area contributed by atoms with Gasteiger partial charge in [0.25, 0.3) is 0 Å². The van der Waals surface area contributed by atoms with Gasteiger partial charge >= 0.3 is 0 Å². The van der Waals surface area contributed by atoms with E-state index in [4.69, 9.17) is 5.73 Å². The van der Waals surface area contributed by atoms with Crippen molar-refractivity contribution < 1.29 is 4.39 Å². The van der Waals surface area contributed by atoms with Gasteiger partial charge in [-0.3, -0.25) is 0 Å². The van der Waals surface area contributed by atoms with Crippen LogP contribution in [-0.4, -0.2) is 19.1 Å². The van der Waals surface area contributed by atoms with Crippen LogP contribution in [0, 0.1) is 5.82 Å². The van der Waals surface area contributed by atoms with E-state index < -0.39 is 0 Å². The van der Waals surface area contributed by atoms with Gasteiger partial charge in [0.05, 0.1) is 0 Å². The molecule has 0 saturated carbocycles. The molecule has 2 nitrogen and oxygen atoms in total. The average molecular weight is 238 g/mol. The lowest BCUT2D eigenvalue weighted by Crippen LogP contribution is -2.37. The van der Waals surface area contributed by atoms with Crippen LogP contribution in [-0.2, 0) is 0 Å². The summed E-state index contributed by atoms with van der Waals surface area (Å²) in [6.07, 6.45) is 3.40. The summed E-state index contributed by atoms with van der Waals surface area (Å²) >= 11 is 0. The third kappa shape index (κ3) is 4.73. The maximum Gasteiger partial charge on any atom is 0.123 e. The molecular weight excluding hydrogens is 215 g/mol. The second-order valence-electron chi connectivity index (χ2n) is 4.42. The highest BCUT2D eigenvalue weighted by atomic mass is 19.1. The summed E-state index contributed by atoms with van der Waals surface area (Å²) < 4.78 is 12.8. The van der Waals surface area contributed by atoms with Crippen LogP contribution >= 0.6 is 0 Å². The van der Waals surface area contributed by atoms with Gasteiger partial charge in [-0.1, -0.05) is 19.8 Å². The minimum absolute atomic E-state index is 0.194. The zero-order chi connectivity index (χ0) is 12.7. The summed E-state index contributed by atoms with van der Waals surface area (Å²) in [4.78, 5) is 2.19. The summed E-state index contributed by atoms with van der Waals surface area (Å²) in [5, 5.41) is 0. The number of benzene rings is 1. The predicted octanol–water partition coefficient (Wildman–Crippen LogP) is 3.17. The molecular formula is C14H23FN2. The molecule has 0 amide bonds. The van der Waals surface area contributed by atoms with E-state index in [2.05, 4.69) is 18.7 Å². The van der Waals surface area contributed by atoms with E-state index in [1.807, 2.05) is 12.1 Å². The van der Waals surface area contributed by atoms with E-state index in [0.29, 0.717) is 0 Å². The summed E-state index contributed by atoms with van der Waals surface area (Å²) in [6, 6.07) is 6.81. The van der Waals surface area contributed by atoms with Crippen molar-refractivity contribution in [1.82, 2.24) is 0 Å². The van der Waals surface area contributed by atoms with Crippen LogP contribution in [0.25, 0.3) is 0 Å². The molecule has 96 valence electrons. The molecule has 0 aliphatic carbocycles. The molecule has 1 rings (SSSR count). The molecule has 0 aliphatic rings. The third-order valence-corrected chi connectivity index (χ3v) is 2.96. The van der Waals surface area contributed by atoms with Crippen LogP contribution in [0.3, 0.4) is 0 Å². The highest BCUT2D eigenvalue weighted by Gasteiger charge is 2.09. The molecule has 1 unspecified atom stereocenters. The fourth-order valence-electron chi connectivity index (χ4n) is 1.91. The zero-order valence-electron chi connectivity index (χ0n) is 10.8. The normalized spacial score (nSPS) is 12.5. The molecule has 1 aromatic carbocycles. The second-order valence-corrected chi connectivity index (χ2v) is 4.42. The zero-order valence-corrected chi connectivity index (χ0v) is 10.8. The molecule has 0 saturated heterocycles. The highest BCUT2D eigenvalue weighted by molar-refractivity contribution is 5.46. The van der Waals surface area contributed by atoms with Crippen LogP contribution in [0.15, 0.2) is 24.3 Å². The van der Waals surface area contributed by atoms with Crippen LogP contribution in [0.1, 0.15) is 33.1 Å². The molecule has 0 fully saturated rings. The molecule has 0 aromatic heterocycles. The van der Waals surface area contributed by atoms with Gasteiger partial charge in [-0.15, -0.1) is 0 Å². The Balaban J connectivity index is 2.56. The molecule has 1 aromatic rings.